The van der Waals surface area contributed by atoms with Crippen molar-refractivity contribution in [1.29, 1.82) is 0 Å². The fourth-order valence-electron chi connectivity index (χ4n) is 4.02. The van der Waals surface area contributed by atoms with Gasteiger partial charge in [-0.15, -0.1) is 11.3 Å². The molecule has 1 fully saturated rings. The number of benzene rings is 1. The maximum atomic E-state index is 9.92. The van der Waals surface area contributed by atoms with Gasteiger partial charge in [0.15, 0.2) is 0 Å². The number of nitrogens with zero attached hydrogens (tertiary/aromatic N) is 4. The van der Waals surface area contributed by atoms with Crippen LogP contribution in [0.2, 0.25) is 0 Å². The van der Waals surface area contributed by atoms with E-state index in [2.05, 4.69) is 32.7 Å². The van der Waals surface area contributed by atoms with Crippen LogP contribution in [0.25, 0.3) is 32.0 Å². The third-order valence-electron chi connectivity index (χ3n) is 5.49. The third-order valence-corrected chi connectivity index (χ3v) is 6.54. The summed E-state index contributed by atoms with van der Waals surface area (Å²) in [4.78, 5) is 15.3. The summed E-state index contributed by atoms with van der Waals surface area (Å²) >= 11 is 1.62. The Balaban J connectivity index is 1.68. The smallest absolute Gasteiger partial charge is 0.135 e. The molecule has 0 bridgehead atoms. The van der Waals surface area contributed by atoms with Crippen LogP contribution in [0.15, 0.2) is 49.1 Å². The average molecular weight is 392 g/mol. The molecule has 1 saturated carbocycles. The molecule has 6 nitrogen and oxygen atoms in total. The van der Waals surface area contributed by atoms with Gasteiger partial charge < -0.3 is 15.4 Å². The van der Waals surface area contributed by atoms with E-state index in [1.807, 2.05) is 24.5 Å². The van der Waals surface area contributed by atoms with Gasteiger partial charge in [0.1, 0.15) is 17.0 Å². The third kappa shape index (κ3) is 2.96. The molecule has 0 radical (unpaired) electrons. The van der Waals surface area contributed by atoms with Crippen molar-refractivity contribution in [3.63, 3.8) is 0 Å². The zero-order chi connectivity index (χ0) is 19.1. The predicted molar refractivity (Wildman–Crippen MR) is 112 cm³/mol. The number of imidazole rings is 1. The molecule has 0 spiro atoms. The molecule has 1 aliphatic rings. The molecule has 3 heterocycles. The Morgan fingerprint density at radius 3 is 2.57 bits per heavy atom. The molecule has 3 aromatic heterocycles. The second-order valence-electron chi connectivity index (χ2n) is 7.27. The fraction of sp³-hybridized carbons (Fsp3) is 0.286. The molecule has 4 aromatic rings. The molecular weight excluding hydrogens is 370 g/mol. The summed E-state index contributed by atoms with van der Waals surface area (Å²) in [5.74, 6) is 0.501. The Labute approximate surface area is 166 Å². The summed E-state index contributed by atoms with van der Waals surface area (Å²) in [6, 6.07) is 12.7. The van der Waals surface area contributed by atoms with Gasteiger partial charge >= 0.3 is 0 Å². The Morgan fingerprint density at radius 1 is 1.04 bits per heavy atom. The lowest BCUT2D eigenvalue weighted by atomic mass is 9.92. The highest BCUT2D eigenvalue weighted by Gasteiger charge is 2.26. The second kappa shape index (κ2) is 7.00. The van der Waals surface area contributed by atoms with Crippen molar-refractivity contribution in [1.82, 2.24) is 19.5 Å². The van der Waals surface area contributed by atoms with Gasteiger partial charge in [-0.2, -0.15) is 0 Å². The Hall–Kier alpha value is -2.77. The molecule has 1 aromatic carbocycles. The fourth-order valence-corrected chi connectivity index (χ4v) is 5.07. The quantitative estimate of drug-likeness (QED) is 0.544. The molecular formula is C21H21N5OS. The predicted octanol–water partition coefficient (Wildman–Crippen LogP) is 4.28. The lowest BCUT2D eigenvalue weighted by Crippen LogP contribution is -2.21. The van der Waals surface area contributed by atoms with Crippen LogP contribution in [-0.4, -0.2) is 30.7 Å². The van der Waals surface area contributed by atoms with E-state index in [1.54, 1.807) is 11.3 Å². The minimum absolute atomic E-state index is 0.184. The number of aliphatic hydroxyl groups is 1. The molecule has 0 amide bonds. The van der Waals surface area contributed by atoms with Crippen LogP contribution in [-0.2, 0) is 0 Å². The average Bonchev–Trinajstić information content (AvgIpc) is 3.34. The van der Waals surface area contributed by atoms with E-state index < -0.39 is 0 Å². The first-order valence-corrected chi connectivity index (χ1v) is 10.3. The second-order valence-corrected chi connectivity index (χ2v) is 8.30. The number of nitrogen functional groups attached to an aromatic ring is 1. The molecule has 5 rings (SSSR count). The summed E-state index contributed by atoms with van der Waals surface area (Å²) in [5.41, 5.74) is 9.22. The van der Waals surface area contributed by atoms with Crippen LogP contribution in [0.4, 0.5) is 5.82 Å². The largest absolute Gasteiger partial charge is 0.393 e. The van der Waals surface area contributed by atoms with Gasteiger partial charge in [0.05, 0.1) is 34.1 Å². The van der Waals surface area contributed by atoms with Crippen molar-refractivity contribution in [2.45, 2.75) is 37.8 Å². The van der Waals surface area contributed by atoms with E-state index in [1.165, 1.54) is 6.33 Å². The molecule has 0 unspecified atom stereocenters. The molecule has 7 heteroatoms. The molecule has 0 aliphatic heterocycles. The maximum Gasteiger partial charge on any atom is 0.135 e. The van der Waals surface area contributed by atoms with Gasteiger partial charge in [0.2, 0.25) is 0 Å². The number of hydrogen-bond acceptors (Lipinski definition) is 6. The Bertz CT molecular complexity index is 1110. The normalized spacial score (nSPS) is 19.9. The highest BCUT2D eigenvalue weighted by molar-refractivity contribution is 7.21. The zero-order valence-electron chi connectivity index (χ0n) is 15.3. The van der Waals surface area contributed by atoms with Crippen molar-refractivity contribution in [2.24, 2.45) is 0 Å². The summed E-state index contributed by atoms with van der Waals surface area (Å²) in [6.07, 6.45) is 6.82. The van der Waals surface area contributed by atoms with Crippen LogP contribution in [0.3, 0.4) is 0 Å². The number of thiophene rings is 1. The minimum Gasteiger partial charge on any atom is -0.393 e. The maximum absolute atomic E-state index is 9.92. The van der Waals surface area contributed by atoms with E-state index in [0.29, 0.717) is 11.9 Å². The van der Waals surface area contributed by atoms with Crippen molar-refractivity contribution >= 4 is 27.4 Å². The van der Waals surface area contributed by atoms with Crippen molar-refractivity contribution in [3.05, 3.63) is 49.1 Å². The monoisotopic (exact) mass is 391 g/mol. The first kappa shape index (κ1) is 17.3. The summed E-state index contributed by atoms with van der Waals surface area (Å²) in [6.45, 7) is 0. The first-order valence-electron chi connectivity index (χ1n) is 9.51. The van der Waals surface area contributed by atoms with E-state index >= 15 is 0 Å². The van der Waals surface area contributed by atoms with Crippen molar-refractivity contribution in [3.8, 4) is 21.8 Å². The highest BCUT2D eigenvalue weighted by Crippen LogP contribution is 2.42. The Kier molecular flexibility index (Phi) is 4.33. The number of anilines is 1. The number of hydrogen-bond donors (Lipinski definition) is 2. The highest BCUT2D eigenvalue weighted by atomic mass is 32.1. The van der Waals surface area contributed by atoms with Gasteiger partial charge in [-0.25, -0.2) is 15.0 Å². The van der Waals surface area contributed by atoms with Crippen LogP contribution < -0.4 is 5.73 Å². The van der Waals surface area contributed by atoms with E-state index in [0.717, 1.165) is 57.7 Å². The van der Waals surface area contributed by atoms with Gasteiger partial charge in [-0.05, 0) is 31.7 Å². The standard InChI is InChI=1S/C21H21N5OS/c22-20-16-10-17(28-21(16)24-11-23-20)19-18(13-4-2-1-3-5-13)25-12-26(19)14-6-8-15(27)9-7-14/h1-5,10-12,14-15,27H,6-9H2,(H2,22,23,24). The molecule has 0 saturated heterocycles. The van der Waals surface area contributed by atoms with E-state index in [-0.39, 0.29) is 6.10 Å². The summed E-state index contributed by atoms with van der Waals surface area (Å²) < 4.78 is 2.28. The molecule has 0 atom stereocenters. The zero-order valence-corrected chi connectivity index (χ0v) is 16.1. The van der Waals surface area contributed by atoms with Crippen LogP contribution in [0.1, 0.15) is 31.7 Å². The van der Waals surface area contributed by atoms with Crippen LogP contribution in [0.5, 0.6) is 0 Å². The molecule has 28 heavy (non-hydrogen) atoms. The number of fused-ring (bicyclic) bond motifs is 1. The lowest BCUT2D eigenvalue weighted by molar-refractivity contribution is 0.111. The molecule has 142 valence electrons. The van der Waals surface area contributed by atoms with Gasteiger partial charge in [0, 0.05) is 11.6 Å². The number of aliphatic hydroxyl groups excluding tert-OH is 1. The number of rotatable bonds is 3. The van der Waals surface area contributed by atoms with E-state index in [4.69, 9.17) is 10.7 Å². The summed E-state index contributed by atoms with van der Waals surface area (Å²) in [7, 11) is 0. The van der Waals surface area contributed by atoms with Gasteiger partial charge in [-0.1, -0.05) is 30.3 Å². The van der Waals surface area contributed by atoms with Crippen molar-refractivity contribution < 1.29 is 5.11 Å². The first-order chi connectivity index (χ1) is 13.7. The SMILES string of the molecule is Nc1ncnc2sc(-c3c(-c4ccccc4)ncn3C3CCC(O)CC3)cc12. The van der Waals surface area contributed by atoms with Crippen LogP contribution >= 0.6 is 11.3 Å². The number of aromatic nitrogens is 4. The topological polar surface area (TPSA) is 89.9 Å². The van der Waals surface area contributed by atoms with Crippen molar-refractivity contribution in [2.75, 3.05) is 5.73 Å². The number of nitrogens with two attached hydrogens (primary N) is 1. The molecule has 3 N–H and O–H groups in total. The van der Waals surface area contributed by atoms with E-state index in [9.17, 15) is 5.11 Å². The lowest BCUT2D eigenvalue weighted by Gasteiger charge is -2.27. The minimum atomic E-state index is -0.184. The van der Waals surface area contributed by atoms with Gasteiger partial charge in [0.25, 0.3) is 0 Å². The van der Waals surface area contributed by atoms with Crippen LogP contribution in [0, 0.1) is 0 Å². The van der Waals surface area contributed by atoms with Gasteiger partial charge in [-0.3, -0.25) is 0 Å². The summed E-state index contributed by atoms with van der Waals surface area (Å²) in [5, 5.41) is 10.8. The molecule has 1 aliphatic carbocycles. The Morgan fingerprint density at radius 2 is 1.82 bits per heavy atom.